The zero-order valence-corrected chi connectivity index (χ0v) is 21.2. The molecule has 34 heavy (non-hydrogen) atoms. The lowest BCUT2D eigenvalue weighted by molar-refractivity contribution is -0.155. The minimum atomic E-state index is -0.547. The van der Waals surface area contributed by atoms with Gasteiger partial charge in [-0.2, -0.15) is 4.98 Å². The molecule has 1 aliphatic carbocycles. The fourth-order valence-corrected chi connectivity index (χ4v) is 4.48. The Morgan fingerprint density at radius 1 is 1.18 bits per heavy atom. The molecule has 0 aliphatic heterocycles. The molecule has 0 radical (unpaired) electrons. The molecule has 2 heterocycles. The van der Waals surface area contributed by atoms with Gasteiger partial charge in [0, 0.05) is 38.0 Å². The van der Waals surface area contributed by atoms with Gasteiger partial charge in [0.25, 0.3) is 5.91 Å². The molecular formula is C26H38N4O4. The van der Waals surface area contributed by atoms with Crippen LogP contribution < -0.4 is 0 Å². The fourth-order valence-electron chi connectivity index (χ4n) is 4.48. The van der Waals surface area contributed by atoms with Gasteiger partial charge in [-0.05, 0) is 39.2 Å². The monoisotopic (exact) mass is 470 g/mol. The second-order valence-electron chi connectivity index (χ2n) is 10.5. The second kappa shape index (κ2) is 11.6. The molecule has 2 aromatic heterocycles. The molecular weight excluding hydrogens is 432 g/mol. The van der Waals surface area contributed by atoms with Gasteiger partial charge in [-0.1, -0.05) is 50.1 Å². The first-order valence-corrected chi connectivity index (χ1v) is 12.3. The van der Waals surface area contributed by atoms with E-state index in [0.29, 0.717) is 22.8 Å². The number of aromatic nitrogens is 3. The number of esters is 1. The zero-order chi connectivity index (χ0) is 24.7. The average Bonchev–Trinajstić information content (AvgIpc) is 3.28. The maximum absolute atomic E-state index is 12.6. The smallest absolute Gasteiger partial charge is 0.307 e. The Labute approximate surface area is 202 Å². The van der Waals surface area contributed by atoms with Crippen LogP contribution in [0.3, 0.4) is 0 Å². The van der Waals surface area contributed by atoms with Crippen molar-refractivity contribution in [3.63, 3.8) is 0 Å². The van der Waals surface area contributed by atoms with Gasteiger partial charge in [0.1, 0.15) is 5.60 Å². The van der Waals surface area contributed by atoms with Crippen LogP contribution in [0.1, 0.15) is 101 Å². The molecule has 0 saturated heterocycles. The van der Waals surface area contributed by atoms with E-state index in [9.17, 15) is 9.59 Å². The standard InChI is InChI=1S/C26H38N4O4/c1-26(2,3)33-22(31)15-19(13-9-12-18-10-7-6-8-11-18)24-28-23(29-34-24)20-14-21(17-27-16-20)25(32)30(4)5/h14,16-19H,6-13,15H2,1-5H3. The molecule has 186 valence electrons. The molecule has 1 unspecified atom stereocenters. The van der Waals surface area contributed by atoms with Gasteiger partial charge in [0.2, 0.25) is 11.7 Å². The van der Waals surface area contributed by atoms with E-state index in [1.54, 1.807) is 26.4 Å². The molecule has 1 aliphatic rings. The van der Waals surface area contributed by atoms with Crippen LogP contribution in [0.15, 0.2) is 23.0 Å². The first-order chi connectivity index (χ1) is 16.1. The van der Waals surface area contributed by atoms with Gasteiger partial charge in [0.05, 0.1) is 12.0 Å². The van der Waals surface area contributed by atoms with Crippen molar-refractivity contribution in [2.45, 2.75) is 90.1 Å². The first kappa shape index (κ1) is 25.8. The summed E-state index contributed by atoms with van der Waals surface area (Å²) in [7, 11) is 3.38. The second-order valence-corrected chi connectivity index (χ2v) is 10.5. The van der Waals surface area contributed by atoms with Crippen LogP contribution in [0.2, 0.25) is 0 Å². The summed E-state index contributed by atoms with van der Waals surface area (Å²) in [5.74, 6) is 0.932. The van der Waals surface area contributed by atoms with Crippen LogP contribution >= 0.6 is 0 Å². The van der Waals surface area contributed by atoms with Crippen molar-refractivity contribution in [3.8, 4) is 11.4 Å². The van der Waals surface area contributed by atoms with E-state index in [4.69, 9.17) is 9.26 Å². The lowest BCUT2D eigenvalue weighted by Crippen LogP contribution is -2.25. The topological polar surface area (TPSA) is 98.4 Å². The number of ether oxygens (including phenoxy) is 1. The molecule has 0 spiro atoms. The molecule has 8 heteroatoms. The molecule has 1 saturated carbocycles. The molecule has 1 fully saturated rings. The van der Waals surface area contributed by atoms with Crippen LogP contribution in [-0.2, 0) is 9.53 Å². The van der Waals surface area contributed by atoms with Crippen molar-refractivity contribution < 1.29 is 18.8 Å². The van der Waals surface area contributed by atoms with Crippen molar-refractivity contribution in [1.29, 1.82) is 0 Å². The van der Waals surface area contributed by atoms with Crippen LogP contribution in [-0.4, -0.2) is 51.6 Å². The third-order valence-corrected chi connectivity index (χ3v) is 6.16. The quantitative estimate of drug-likeness (QED) is 0.453. The van der Waals surface area contributed by atoms with E-state index in [0.717, 1.165) is 25.2 Å². The van der Waals surface area contributed by atoms with Crippen LogP contribution in [0, 0.1) is 5.92 Å². The molecule has 0 N–H and O–H groups in total. The number of carbonyl (C=O) groups excluding carboxylic acids is 2. The van der Waals surface area contributed by atoms with Gasteiger partial charge in [-0.25, -0.2) is 0 Å². The predicted molar refractivity (Wildman–Crippen MR) is 129 cm³/mol. The lowest BCUT2D eigenvalue weighted by atomic mass is 9.84. The number of amides is 1. The first-order valence-electron chi connectivity index (χ1n) is 12.3. The predicted octanol–water partition coefficient (Wildman–Crippen LogP) is 5.40. The molecule has 3 rings (SSSR count). The Kier molecular flexibility index (Phi) is 8.80. The maximum Gasteiger partial charge on any atom is 0.307 e. The van der Waals surface area contributed by atoms with Gasteiger partial charge in [-0.15, -0.1) is 0 Å². The molecule has 1 atom stereocenters. The van der Waals surface area contributed by atoms with Crippen LogP contribution in [0.4, 0.5) is 0 Å². The van der Waals surface area contributed by atoms with E-state index < -0.39 is 5.60 Å². The highest BCUT2D eigenvalue weighted by molar-refractivity contribution is 5.94. The highest BCUT2D eigenvalue weighted by Gasteiger charge is 2.27. The van der Waals surface area contributed by atoms with E-state index in [1.807, 2.05) is 20.8 Å². The number of hydrogen-bond donors (Lipinski definition) is 0. The average molecular weight is 471 g/mol. The summed E-state index contributed by atoms with van der Waals surface area (Å²) in [6.07, 6.45) is 12.9. The van der Waals surface area contributed by atoms with Crippen molar-refractivity contribution >= 4 is 11.9 Å². The SMILES string of the molecule is CN(C)C(=O)c1cncc(-c2noc(C(CCCC3CCCCC3)CC(=O)OC(C)(C)C)n2)c1. The van der Waals surface area contributed by atoms with Crippen molar-refractivity contribution in [1.82, 2.24) is 20.0 Å². The lowest BCUT2D eigenvalue weighted by Gasteiger charge is -2.23. The molecule has 0 bridgehead atoms. The molecule has 8 nitrogen and oxygen atoms in total. The largest absolute Gasteiger partial charge is 0.460 e. The van der Waals surface area contributed by atoms with E-state index in [-0.39, 0.29) is 24.2 Å². The van der Waals surface area contributed by atoms with Gasteiger partial charge >= 0.3 is 5.97 Å². The maximum atomic E-state index is 12.6. The number of nitrogens with zero attached hydrogens (tertiary/aromatic N) is 4. The highest BCUT2D eigenvalue weighted by atomic mass is 16.6. The van der Waals surface area contributed by atoms with E-state index in [2.05, 4.69) is 15.1 Å². The highest BCUT2D eigenvalue weighted by Crippen LogP contribution is 2.32. The Bertz CT molecular complexity index is 958. The van der Waals surface area contributed by atoms with Crippen molar-refractivity contribution in [2.24, 2.45) is 5.92 Å². The number of rotatable bonds is 9. The summed E-state index contributed by atoms with van der Waals surface area (Å²) in [5.41, 5.74) is 0.502. The Balaban J connectivity index is 1.74. The van der Waals surface area contributed by atoms with Gasteiger partial charge < -0.3 is 14.2 Å². The summed E-state index contributed by atoms with van der Waals surface area (Å²) in [5, 5.41) is 4.13. The summed E-state index contributed by atoms with van der Waals surface area (Å²) in [4.78, 5) is 35.1. The summed E-state index contributed by atoms with van der Waals surface area (Å²) in [6, 6.07) is 1.70. The summed E-state index contributed by atoms with van der Waals surface area (Å²) in [6.45, 7) is 5.59. The molecule has 2 aromatic rings. The minimum Gasteiger partial charge on any atom is -0.460 e. The van der Waals surface area contributed by atoms with E-state index in [1.165, 1.54) is 43.2 Å². The Morgan fingerprint density at radius 2 is 1.91 bits per heavy atom. The number of pyridine rings is 1. The number of carbonyl (C=O) groups is 2. The third kappa shape index (κ3) is 7.64. The number of hydrogen-bond acceptors (Lipinski definition) is 7. The van der Waals surface area contributed by atoms with Gasteiger partial charge in [-0.3, -0.25) is 14.6 Å². The Morgan fingerprint density at radius 3 is 2.59 bits per heavy atom. The normalized spacial score (nSPS) is 15.7. The molecule has 0 aromatic carbocycles. The summed E-state index contributed by atoms with van der Waals surface area (Å²) < 4.78 is 11.2. The minimum absolute atomic E-state index is 0.149. The Hall–Kier alpha value is -2.77. The summed E-state index contributed by atoms with van der Waals surface area (Å²) >= 11 is 0. The molecule has 1 amide bonds. The van der Waals surface area contributed by atoms with Crippen LogP contribution in [0.25, 0.3) is 11.4 Å². The van der Waals surface area contributed by atoms with E-state index >= 15 is 0 Å². The van der Waals surface area contributed by atoms with Crippen molar-refractivity contribution in [2.75, 3.05) is 14.1 Å². The zero-order valence-electron chi connectivity index (χ0n) is 21.2. The fraction of sp³-hybridized carbons (Fsp3) is 0.654. The van der Waals surface area contributed by atoms with Crippen LogP contribution in [0.5, 0.6) is 0 Å². The van der Waals surface area contributed by atoms with Crippen molar-refractivity contribution in [3.05, 3.63) is 29.9 Å². The van der Waals surface area contributed by atoms with Gasteiger partial charge in [0.15, 0.2) is 0 Å². The third-order valence-electron chi connectivity index (χ3n) is 6.16.